The molecule has 1 aliphatic heterocycles. The van der Waals surface area contributed by atoms with Crippen molar-refractivity contribution in [2.45, 2.75) is 18.9 Å². The van der Waals surface area contributed by atoms with Gasteiger partial charge in [-0.1, -0.05) is 12.1 Å². The van der Waals surface area contributed by atoms with Gasteiger partial charge < -0.3 is 10.2 Å². The Hall–Kier alpha value is -2.21. The Kier molecular flexibility index (Phi) is 3.83. The van der Waals surface area contributed by atoms with E-state index in [1.807, 2.05) is 6.07 Å². The number of piperidine rings is 1. The fourth-order valence-corrected chi connectivity index (χ4v) is 3.79. The average Bonchev–Trinajstić information content (AvgIpc) is 3.06. The second-order valence-electron chi connectivity index (χ2n) is 5.72. The summed E-state index contributed by atoms with van der Waals surface area (Å²) in [4.78, 5) is 12.1. The predicted molar refractivity (Wildman–Crippen MR) is 92.7 cm³/mol. The van der Waals surface area contributed by atoms with E-state index in [4.69, 9.17) is 0 Å². The molecule has 1 N–H and O–H groups in total. The number of nitrogens with zero attached hydrogens (tertiary/aromatic N) is 3. The van der Waals surface area contributed by atoms with Crippen LogP contribution in [0.4, 0.5) is 15.9 Å². The molecule has 0 bridgehead atoms. The van der Waals surface area contributed by atoms with Crippen LogP contribution in [0.2, 0.25) is 0 Å². The van der Waals surface area contributed by atoms with Gasteiger partial charge in [0.15, 0.2) is 0 Å². The lowest BCUT2D eigenvalue weighted by Gasteiger charge is -2.33. The fraction of sp³-hybridized carbons (Fsp3) is 0.294. The number of rotatable bonds is 3. The van der Waals surface area contributed by atoms with Gasteiger partial charge in [0.2, 0.25) is 0 Å². The molecular weight excluding hydrogens is 311 g/mol. The molecule has 1 fully saturated rings. The summed E-state index contributed by atoms with van der Waals surface area (Å²) in [6.45, 7) is 1.82. The van der Waals surface area contributed by atoms with Gasteiger partial charge >= 0.3 is 0 Å². The molecule has 4 nitrogen and oxygen atoms in total. The number of fused-ring (bicyclic) bond motifs is 1. The first-order valence-corrected chi connectivity index (χ1v) is 8.63. The van der Waals surface area contributed by atoms with E-state index < -0.39 is 0 Å². The van der Waals surface area contributed by atoms with Gasteiger partial charge in [-0.3, -0.25) is 0 Å². The Morgan fingerprint density at radius 3 is 2.78 bits per heavy atom. The molecule has 0 radical (unpaired) electrons. The fourth-order valence-electron chi connectivity index (χ4n) is 3.06. The number of thiophene rings is 1. The molecule has 1 saturated heterocycles. The van der Waals surface area contributed by atoms with Crippen LogP contribution in [0.1, 0.15) is 12.8 Å². The molecular formula is C17H17FN4S. The van der Waals surface area contributed by atoms with Gasteiger partial charge in [0.25, 0.3) is 0 Å². The highest BCUT2D eigenvalue weighted by molar-refractivity contribution is 7.16. The first-order chi connectivity index (χ1) is 11.3. The molecule has 1 aliphatic rings. The quantitative estimate of drug-likeness (QED) is 0.791. The lowest BCUT2D eigenvalue weighted by Crippen LogP contribution is -2.39. The summed E-state index contributed by atoms with van der Waals surface area (Å²) in [5, 5.41) is 6.50. The molecule has 3 heterocycles. The van der Waals surface area contributed by atoms with Crippen molar-refractivity contribution >= 4 is 33.1 Å². The van der Waals surface area contributed by atoms with E-state index in [9.17, 15) is 4.39 Å². The number of aromatic nitrogens is 2. The van der Waals surface area contributed by atoms with Crippen molar-refractivity contribution in [3.8, 4) is 0 Å². The lowest BCUT2D eigenvalue weighted by molar-refractivity contribution is 0.520. The molecule has 0 unspecified atom stereocenters. The summed E-state index contributed by atoms with van der Waals surface area (Å²) < 4.78 is 13.7. The van der Waals surface area contributed by atoms with E-state index in [-0.39, 0.29) is 5.82 Å². The zero-order valence-electron chi connectivity index (χ0n) is 12.6. The summed E-state index contributed by atoms with van der Waals surface area (Å²) in [6, 6.07) is 9.23. The minimum atomic E-state index is -0.189. The molecule has 0 saturated carbocycles. The summed E-state index contributed by atoms with van der Waals surface area (Å²) in [5.41, 5.74) is 0.591. The van der Waals surface area contributed by atoms with Gasteiger partial charge in [-0.2, -0.15) is 0 Å². The van der Waals surface area contributed by atoms with Crippen LogP contribution in [-0.4, -0.2) is 29.1 Å². The number of halogens is 1. The van der Waals surface area contributed by atoms with Gasteiger partial charge in [0.05, 0.1) is 11.1 Å². The highest BCUT2D eigenvalue weighted by Crippen LogP contribution is 2.29. The standard InChI is InChI=1S/C17H17FN4S/c18-14-3-1-2-4-15(14)21-12-5-8-22(9-6-12)16-13-7-10-23-17(13)20-11-19-16/h1-4,7,10-12,21H,5-6,8-9H2. The SMILES string of the molecule is Fc1ccccc1NC1CCN(c2ncnc3sccc23)CC1. The van der Waals surface area contributed by atoms with Crippen molar-refractivity contribution in [2.75, 3.05) is 23.3 Å². The van der Waals surface area contributed by atoms with Crippen molar-refractivity contribution in [1.82, 2.24) is 9.97 Å². The minimum Gasteiger partial charge on any atom is -0.380 e. The third kappa shape index (κ3) is 2.86. The van der Waals surface area contributed by atoms with E-state index in [0.717, 1.165) is 42.0 Å². The smallest absolute Gasteiger partial charge is 0.146 e. The molecule has 0 spiro atoms. The summed E-state index contributed by atoms with van der Waals surface area (Å²) in [6.07, 6.45) is 3.56. The van der Waals surface area contributed by atoms with Gasteiger partial charge in [0.1, 0.15) is 22.8 Å². The van der Waals surface area contributed by atoms with Gasteiger partial charge in [-0.15, -0.1) is 11.3 Å². The molecule has 3 aromatic rings. The van der Waals surface area contributed by atoms with E-state index in [0.29, 0.717) is 11.7 Å². The third-order valence-electron chi connectivity index (χ3n) is 4.27. The molecule has 4 rings (SSSR count). The van der Waals surface area contributed by atoms with Crippen LogP contribution in [0, 0.1) is 5.82 Å². The van der Waals surface area contributed by atoms with Crippen molar-refractivity contribution < 1.29 is 4.39 Å². The lowest BCUT2D eigenvalue weighted by atomic mass is 10.0. The van der Waals surface area contributed by atoms with E-state index in [1.165, 1.54) is 6.07 Å². The maximum Gasteiger partial charge on any atom is 0.146 e. The van der Waals surface area contributed by atoms with E-state index in [2.05, 4.69) is 31.6 Å². The highest BCUT2D eigenvalue weighted by atomic mass is 32.1. The van der Waals surface area contributed by atoms with Crippen LogP contribution in [0.3, 0.4) is 0 Å². The molecule has 23 heavy (non-hydrogen) atoms. The van der Waals surface area contributed by atoms with E-state index >= 15 is 0 Å². The number of benzene rings is 1. The second-order valence-corrected chi connectivity index (χ2v) is 6.62. The van der Waals surface area contributed by atoms with Crippen LogP contribution >= 0.6 is 11.3 Å². The molecule has 6 heteroatoms. The Morgan fingerprint density at radius 2 is 1.96 bits per heavy atom. The maximum absolute atomic E-state index is 13.7. The number of nitrogens with one attached hydrogen (secondary N) is 1. The van der Waals surface area contributed by atoms with Crippen LogP contribution < -0.4 is 10.2 Å². The molecule has 0 aliphatic carbocycles. The second kappa shape index (κ2) is 6.12. The zero-order valence-corrected chi connectivity index (χ0v) is 13.4. The summed E-state index contributed by atoms with van der Waals surface area (Å²) >= 11 is 1.64. The Labute approximate surface area is 138 Å². The average molecular weight is 328 g/mol. The predicted octanol–water partition coefficient (Wildman–Crippen LogP) is 3.91. The van der Waals surface area contributed by atoms with Crippen LogP contribution in [0.5, 0.6) is 0 Å². The Balaban J connectivity index is 1.45. The summed E-state index contributed by atoms with van der Waals surface area (Å²) in [5.74, 6) is 0.825. The normalized spacial score (nSPS) is 16.0. The number of hydrogen-bond acceptors (Lipinski definition) is 5. The topological polar surface area (TPSA) is 41.0 Å². The molecule has 118 valence electrons. The van der Waals surface area contributed by atoms with Crippen LogP contribution in [0.25, 0.3) is 10.2 Å². The van der Waals surface area contributed by atoms with E-state index in [1.54, 1.807) is 29.8 Å². The number of anilines is 2. The summed E-state index contributed by atoms with van der Waals surface area (Å²) in [7, 11) is 0. The third-order valence-corrected chi connectivity index (χ3v) is 5.09. The van der Waals surface area contributed by atoms with Crippen molar-refractivity contribution in [3.63, 3.8) is 0 Å². The van der Waals surface area contributed by atoms with Gasteiger partial charge in [-0.05, 0) is 36.4 Å². The minimum absolute atomic E-state index is 0.189. The number of hydrogen-bond donors (Lipinski definition) is 1. The van der Waals surface area contributed by atoms with Gasteiger partial charge in [-0.25, -0.2) is 14.4 Å². The molecule has 2 aromatic heterocycles. The molecule has 1 aromatic carbocycles. The van der Waals surface area contributed by atoms with Crippen LogP contribution in [0.15, 0.2) is 42.0 Å². The van der Waals surface area contributed by atoms with Crippen molar-refractivity contribution in [3.05, 3.63) is 47.9 Å². The largest absolute Gasteiger partial charge is 0.380 e. The highest BCUT2D eigenvalue weighted by Gasteiger charge is 2.22. The maximum atomic E-state index is 13.7. The first-order valence-electron chi connectivity index (χ1n) is 7.75. The Bertz CT molecular complexity index is 811. The van der Waals surface area contributed by atoms with Gasteiger partial charge in [0, 0.05) is 19.1 Å². The molecule has 0 amide bonds. The van der Waals surface area contributed by atoms with Crippen molar-refractivity contribution in [2.24, 2.45) is 0 Å². The zero-order chi connectivity index (χ0) is 15.6. The molecule has 0 atom stereocenters. The number of para-hydroxylation sites is 1. The van der Waals surface area contributed by atoms with Crippen molar-refractivity contribution in [1.29, 1.82) is 0 Å². The van der Waals surface area contributed by atoms with Crippen LogP contribution in [-0.2, 0) is 0 Å². The first kappa shape index (κ1) is 14.4. The monoisotopic (exact) mass is 328 g/mol. The Morgan fingerprint density at radius 1 is 1.13 bits per heavy atom.